The van der Waals surface area contributed by atoms with Crippen molar-refractivity contribution in [2.45, 2.75) is 64.6 Å². The van der Waals surface area contributed by atoms with E-state index in [1.807, 2.05) is 13.8 Å². The molecule has 2 N–H and O–H groups in total. The molecule has 0 saturated carbocycles. The Balaban J connectivity index is 1.69. The first kappa shape index (κ1) is 19.0. The maximum absolute atomic E-state index is 12.0. The monoisotopic (exact) mass is 361 g/mol. The predicted octanol–water partition coefficient (Wildman–Crippen LogP) is 1.58. The second-order valence-corrected chi connectivity index (χ2v) is 8.06. The summed E-state index contributed by atoms with van der Waals surface area (Å²) < 4.78 is 5.82. The van der Waals surface area contributed by atoms with Crippen LogP contribution in [0.4, 0.5) is 5.82 Å². The molecule has 2 aliphatic heterocycles. The third-order valence-electron chi connectivity index (χ3n) is 5.45. The molecule has 0 spiro atoms. The molecule has 0 bridgehead atoms. The van der Waals surface area contributed by atoms with Crippen molar-refractivity contribution in [1.29, 1.82) is 0 Å². The largest absolute Gasteiger partial charge is 0.375 e. The van der Waals surface area contributed by atoms with Gasteiger partial charge in [-0.25, -0.2) is 9.97 Å². The molecule has 1 aromatic rings. The van der Waals surface area contributed by atoms with E-state index in [2.05, 4.69) is 39.3 Å². The Morgan fingerprint density at radius 2 is 2.00 bits per heavy atom. The minimum atomic E-state index is -0.243. The Labute approximate surface area is 155 Å². The molecule has 0 radical (unpaired) electrons. The van der Waals surface area contributed by atoms with E-state index in [-0.39, 0.29) is 17.3 Å². The summed E-state index contributed by atoms with van der Waals surface area (Å²) in [5, 5.41) is 6.42. The van der Waals surface area contributed by atoms with Gasteiger partial charge in [0, 0.05) is 50.1 Å². The predicted molar refractivity (Wildman–Crippen MR) is 102 cm³/mol. The number of aryl methyl sites for hydroxylation is 1. The zero-order chi connectivity index (χ0) is 18.9. The molecule has 26 heavy (non-hydrogen) atoms. The lowest BCUT2D eigenvalue weighted by molar-refractivity contribution is -0.0638. The van der Waals surface area contributed by atoms with Crippen LogP contribution < -0.4 is 15.5 Å². The highest BCUT2D eigenvalue weighted by Gasteiger charge is 2.32. The van der Waals surface area contributed by atoms with Gasteiger partial charge in [-0.2, -0.15) is 0 Å². The quantitative estimate of drug-likeness (QED) is 0.848. The zero-order valence-corrected chi connectivity index (χ0v) is 16.6. The zero-order valence-electron chi connectivity index (χ0n) is 16.6. The Morgan fingerprint density at radius 1 is 1.23 bits per heavy atom. The summed E-state index contributed by atoms with van der Waals surface area (Å²) in [5.41, 5.74) is 1.86. The van der Waals surface area contributed by atoms with Crippen molar-refractivity contribution >= 4 is 11.7 Å². The van der Waals surface area contributed by atoms with Crippen molar-refractivity contribution < 1.29 is 9.53 Å². The molecule has 1 unspecified atom stereocenters. The number of anilines is 1. The fraction of sp³-hybridized carbons (Fsp3) is 0.737. The number of rotatable bonds is 4. The number of hydrogen-bond acceptors (Lipinski definition) is 6. The molecule has 1 amide bonds. The molecule has 3 rings (SSSR count). The summed E-state index contributed by atoms with van der Waals surface area (Å²) >= 11 is 0. The molecule has 3 heterocycles. The number of aromatic nitrogens is 2. The van der Waals surface area contributed by atoms with E-state index >= 15 is 0 Å². The van der Waals surface area contributed by atoms with Gasteiger partial charge in [0.25, 0.3) is 5.91 Å². The van der Waals surface area contributed by atoms with Crippen LogP contribution in [0.3, 0.4) is 0 Å². The molecule has 144 valence electrons. The summed E-state index contributed by atoms with van der Waals surface area (Å²) in [4.78, 5) is 23.1. The van der Waals surface area contributed by atoms with Gasteiger partial charge in [-0.1, -0.05) is 0 Å². The van der Waals surface area contributed by atoms with Gasteiger partial charge in [-0.05, 0) is 47.0 Å². The number of amides is 1. The summed E-state index contributed by atoms with van der Waals surface area (Å²) in [6.07, 6.45) is 3.18. The van der Waals surface area contributed by atoms with E-state index in [1.54, 1.807) is 7.05 Å². The second kappa shape index (κ2) is 7.48. The van der Waals surface area contributed by atoms with Gasteiger partial charge < -0.3 is 20.3 Å². The minimum absolute atomic E-state index is 0.0447. The lowest BCUT2D eigenvalue weighted by Gasteiger charge is -2.37. The van der Waals surface area contributed by atoms with Crippen molar-refractivity contribution in [2.24, 2.45) is 0 Å². The number of ether oxygens (including phenoxy) is 1. The Kier molecular flexibility index (Phi) is 5.48. The fourth-order valence-electron chi connectivity index (χ4n) is 3.93. The van der Waals surface area contributed by atoms with Crippen molar-refractivity contribution in [1.82, 2.24) is 20.6 Å². The van der Waals surface area contributed by atoms with Crippen molar-refractivity contribution in [3.63, 3.8) is 0 Å². The molecule has 2 aliphatic rings. The van der Waals surface area contributed by atoms with Crippen LogP contribution in [0.1, 0.15) is 55.0 Å². The van der Waals surface area contributed by atoms with Crippen LogP contribution in [-0.4, -0.2) is 60.3 Å². The second-order valence-electron chi connectivity index (χ2n) is 8.06. The van der Waals surface area contributed by atoms with Gasteiger partial charge in [0.15, 0.2) is 0 Å². The average molecular weight is 361 g/mol. The lowest BCUT2D eigenvalue weighted by Crippen LogP contribution is -2.48. The van der Waals surface area contributed by atoms with E-state index in [1.165, 1.54) is 0 Å². The van der Waals surface area contributed by atoms with Gasteiger partial charge in [0.2, 0.25) is 5.82 Å². The number of nitrogens with one attached hydrogen (secondary N) is 2. The van der Waals surface area contributed by atoms with Crippen molar-refractivity contribution in [3.8, 4) is 0 Å². The first-order valence-corrected chi connectivity index (χ1v) is 9.51. The first-order chi connectivity index (χ1) is 12.3. The van der Waals surface area contributed by atoms with Crippen LogP contribution in [-0.2, 0) is 4.74 Å². The van der Waals surface area contributed by atoms with E-state index in [0.29, 0.717) is 12.1 Å². The average Bonchev–Trinajstić information content (AvgIpc) is 3.03. The number of carbonyl (C=O) groups excluding carboxylic acids is 1. The molecule has 2 fully saturated rings. The number of nitrogens with zero attached hydrogens (tertiary/aromatic N) is 3. The highest BCUT2D eigenvalue weighted by Crippen LogP contribution is 2.27. The maximum Gasteiger partial charge on any atom is 0.288 e. The summed E-state index contributed by atoms with van der Waals surface area (Å²) in [7, 11) is 1.60. The maximum atomic E-state index is 12.0. The standard InChI is InChI=1S/C19H31N5O2/c1-12-13(2)21-16(18(25)20-5)23-17(12)24-8-6-15(11-24)22-14-7-9-26-19(3,4)10-14/h14-15,22H,6-11H2,1-5H3,(H,20,25)/t14?,15-/m1/s1. The van der Waals surface area contributed by atoms with Crippen LogP contribution in [0.25, 0.3) is 0 Å². The van der Waals surface area contributed by atoms with Gasteiger partial charge in [0.1, 0.15) is 5.82 Å². The van der Waals surface area contributed by atoms with Crippen LogP contribution in [0, 0.1) is 13.8 Å². The molecular weight excluding hydrogens is 330 g/mol. The minimum Gasteiger partial charge on any atom is -0.375 e. The van der Waals surface area contributed by atoms with E-state index in [9.17, 15) is 4.79 Å². The lowest BCUT2D eigenvalue weighted by atomic mass is 9.93. The van der Waals surface area contributed by atoms with E-state index < -0.39 is 0 Å². The molecule has 1 aromatic heterocycles. The highest BCUT2D eigenvalue weighted by molar-refractivity contribution is 5.90. The molecule has 2 saturated heterocycles. The first-order valence-electron chi connectivity index (χ1n) is 9.51. The summed E-state index contributed by atoms with van der Waals surface area (Å²) in [5.74, 6) is 0.883. The van der Waals surface area contributed by atoms with Crippen molar-refractivity contribution in [3.05, 3.63) is 17.1 Å². The normalized spacial score (nSPS) is 25.3. The Hall–Kier alpha value is -1.73. The molecule has 0 aliphatic carbocycles. The highest BCUT2D eigenvalue weighted by atomic mass is 16.5. The van der Waals surface area contributed by atoms with Crippen molar-refractivity contribution in [2.75, 3.05) is 31.6 Å². The third-order valence-corrected chi connectivity index (χ3v) is 5.45. The number of hydrogen-bond donors (Lipinski definition) is 2. The van der Waals surface area contributed by atoms with Crippen LogP contribution in [0.2, 0.25) is 0 Å². The van der Waals surface area contributed by atoms with E-state index in [4.69, 9.17) is 4.74 Å². The Bertz CT molecular complexity index is 676. The molecule has 2 atom stereocenters. The topological polar surface area (TPSA) is 79.4 Å². The third kappa shape index (κ3) is 4.15. The number of carbonyl (C=O) groups is 1. The van der Waals surface area contributed by atoms with Gasteiger partial charge in [-0.3, -0.25) is 4.79 Å². The molecular formula is C19H31N5O2. The van der Waals surface area contributed by atoms with E-state index in [0.717, 1.165) is 56.0 Å². The van der Waals surface area contributed by atoms with Gasteiger partial charge in [-0.15, -0.1) is 0 Å². The van der Waals surface area contributed by atoms with Gasteiger partial charge in [0.05, 0.1) is 5.60 Å². The summed E-state index contributed by atoms with van der Waals surface area (Å²) in [6, 6.07) is 0.936. The fourth-order valence-corrected chi connectivity index (χ4v) is 3.93. The molecule has 7 nitrogen and oxygen atoms in total. The smallest absolute Gasteiger partial charge is 0.288 e. The Morgan fingerprint density at radius 3 is 2.69 bits per heavy atom. The molecule has 0 aromatic carbocycles. The summed E-state index contributed by atoms with van der Waals surface area (Å²) in [6.45, 7) is 10.9. The van der Waals surface area contributed by atoms with Gasteiger partial charge >= 0.3 is 0 Å². The SMILES string of the molecule is CNC(=O)c1nc(C)c(C)c(N2CC[C@@H](NC3CCOC(C)(C)C3)C2)n1. The molecule has 7 heteroatoms. The van der Waals surface area contributed by atoms with Crippen LogP contribution in [0.15, 0.2) is 0 Å². The van der Waals surface area contributed by atoms with Crippen LogP contribution >= 0.6 is 0 Å². The van der Waals surface area contributed by atoms with Crippen LogP contribution in [0.5, 0.6) is 0 Å².